The van der Waals surface area contributed by atoms with Crippen molar-refractivity contribution in [2.45, 2.75) is 38.9 Å². The number of nitrogens with zero attached hydrogens (tertiary/aromatic N) is 1. The quantitative estimate of drug-likeness (QED) is 0.554. The van der Waals surface area contributed by atoms with E-state index in [0.717, 1.165) is 22.8 Å². The Hall–Kier alpha value is -2.47. The molecule has 0 aliphatic rings. The average Bonchev–Trinajstić information content (AvgIpc) is 3.30. The van der Waals surface area contributed by atoms with Crippen molar-refractivity contribution in [3.63, 3.8) is 0 Å². The number of hydrogen-bond donors (Lipinski definition) is 1. The fourth-order valence-corrected chi connectivity index (χ4v) is 3.60. The van der Waals surface area contributed by atoms with Crippen LogP contribution in [0, 0.1) is 6.92 Å². The molecule has 0 fully saturated rings. The maximum atomic E-state index is 12.7. The van der Waals surface area contributed by atoms with Crippen molar-refractivity contribution >= 4 is 17.7 Å². The normalized spacial score (nSPS) is 11.6. The zero-order chi connectivity index (χ0) is 20.1. The lowest BCUT2D eigenvalue weighted by atomic mass is 9.86. The first-order chi connectivity index (χ1) is 13.4. The van der Waals surface area contributed by atoms with Gasteiger partial charge in [0.15, 0.2) is 5.76 Å². The zero-order valence-corrected chi connectivity index (χ0v) is 17.6. The highest BCUT2D eigenvalue weighted by molar-refractivity contribution is 7.98. The number of hydrogen-bond acceptors (Lipinski definition) is 5. The third-order valence-corrected chi connectivity index (χ3v) is 5.44. The van der Waals surface area contributed by atoms with E-state index in [1.165, 1.54) is 5.56 Å². The number of rotatable bonds is 7. The summed E-state index contributed by atoms with van der Waals surface area (Å²) >= 11 is 1.71. The smallest absolute Gasteiger partial charge is 0.257 e. The van der Waals surface area contributed by atoms with Crippen LogP contribution in [0.2, 0.25) is 0 Å². The Labute approximate surface area is 169 Å². The number of furan rings is 1. The van der Waals surface area contributed by atoms with Gasteiger partial charge in [-0.05, 0) is 30.0 Å². The molecule has 6 heteroatoms. The molecule has 0 aliphatic carbocycles. The van der Waals surface area contributed by atoms with Crippen molar-refractivity contribution in [3.05, 3.63) is 65.2 Å². The molecule has 28 heavy (non-hydrogen) atoms. The molecule has 0 bridgehead atoms. The summed E-state index contributed by atoms with van der Waals surface area (Å²) in [6.45, 7) is 8.87. The van der Waals surface area contributed by atoms with Crippen molar-refractivity contribution < 1.29 is 13.7 Å². The standard InChI is InChI=1S/C22H26N2O3S/c1-15-19(21(25)23-11-13-28-14-18-6-5-12-26-18)20(27-24-15)16-7-9-17(10-8-16)22(2,3)4/h5-10,12H,11,13-14H2,1-4H3,(H,23,25). The van der Waals surface area contributed by atoms with Crippen LogP contribution in [0.25, 0.3) is 11.3 Å². The third kappa shape index (κ3) is 4.87. The van der Waals surface area contributed by atoms with E-state index in [1.54, 1.807) is 24.9 Å². The first kappa shape index (κ1) is 20.3. The lowest BCUT2D eigenvalue weighted by Crippen LogP contribution is -2.26. The fourth-order valence-electron chi connectivity index (χ4n) is 2.85. The van der Waals surface area contributed by atoms with Crippen molar-refractivity contribution in [3.8, 4) is 11.3 Å². The maximum Gasteiger partial charge on any atom is 0.257 e. The second-order valence-electron chi connectivity index (χ2n) is 7.69. The molecule has 1 aromatic carbocycles. The van der Waals surface area contributed by atoms with Gasteiger partial charge < -0.3 is 14.3 Å². The highest BCUT2D eigenvalue weighted by Crippen LogP contribution is 2.29. The molecule has 1 N–H and O–H groups in total. The van der Waals surface area contributed by atoms with E-state index < -0.39 is 0 Å². The summed E-state index contributed by atoms with van der Waals surface area (Å²) in [7, 11) is 0. The molecule has 0 saturated carbocycles. The summed E-state index contributed by atoms with van der Waals surface area (Å²) < 4.78 is 10.8. The van der Waals surface area contributed by atoms with Gasteiger partial charge in [0, 0.05) is 17.9 Å². The molecule has 2 heterocycles. The number of carbonyl (C=O) groups excluding carboxylic acids is 1. The molecule has 2 aromatic heterocycles. The van der Waals surface area contributed by atoms with Gasteiger partial charge in [0.25, 0.3) is 5.91 Å². The van der Waals surface area contributed by atoms with E-state index in [1.807, 2.05) is 24.3 Å². The first-order valence-electron chi connectivity index (χ1n) is 9.32. The summed E-state index contributed by atoms with van der Waals surface area (Å²) in [4.78, 5) is 12.7. The third-order valence-electron chi connectivity index (χ3n) is 4.46. The summed E-state index contributed by atoms with van der Waals surface area (Å²) in [6, 6.07) is 11.9. The number of thioether (sulfide) groups is 1. The van der Waals surface area contributed by atoms with Crippen LogP contribution in [-0.4, -0.2) is 23.4 Å². The van der Waals surface area contributed by atoms with E-state index >= 15 is 0 Å². The van der Waals surface area contributed by atoms with Crippen LogP contribution in [-0.2, 0) is 11.2 Å². The predicted molar refractivity (Wildman–Crippen MR) is 113 cm³/mol. The van der Waals surface area contributed by atoms with Crippen LogP contribution in [0.4, 0.5) is 0 Å². The number of nitrogens with one attached hydrogen (secondary N) is 1. The summed E-state index contributed by atoms with van der Waals surface area (Å²) in [5, 5.41) is 6.97. The molecular formula is C22H26N2O3S. The zero-order valence-electron chi connectivity index (χ0n) is 16.7. The molecule has 0 atom stereocenters. The lowest BCUT2D eigenvalue weighted by molar-refractivity contribution is 0.0956. The van der Waals surface area contributed by atoms with E-state index in [2.05, 4.69) is 43.4 Å². The minimum atomic E-state index is -0.160. The van der Waals surface area contributed by atoms with E-state index in [0.29, 0.717) is 23.6 Å². The van der Waals surface area contributed by atoms with Crippen molar-refractivity contribution in [1.82, 2.24) is 10.5 Å². The number of benzene rings is 1. The van der Waals surface area contributed by atoms with Crippen LogP contribution >= 0.6 is 11.8 Å². The summed E-state index contributed by atoms with van der Waals surface area (Å²) in [6.07, 6.45) is 1.67. The fraction of sp³-hybridized carbons (Fsp3) is 0.364. The van der Waals surface area contributed by atoms with Gasteiger partial charge in [-0.3, -0.25) is 4.79 Å². The van der Waals surface area contributed by atoms with Gasteiger partial charge in [0.2, 0.25) is 0 Å². The van der Waals surface area contributed by atoms with Gasteiger partial charge in [-0.25, -0.2) is 0 Å². The second kappa shape index (κ2) is 8.69. The Morgan fingerprint density at radius 2 is 1.93 bits per heavy atom. The maximum absolute atomic E-state index is 12.7. The molecule has 5 nitrogen and oxygen atoms in total. The SMILES string of the molecule is Cc1noc(-c2ccc(C(C)(C)C)cc2)c1C(=O)NCCSCc1ccco1. The molecule has 1 amide bonds. The van der Waals surface area contributed by atoms with Crippen LogP contribution in [0.3, 0.4) is 0 Å². The lowest BCUT2D eigenvalue weighted by Gasteiger charge is -2.18. The second-order valence-corrected chi connectivity index (χ2v) is 8.79. The Morgan fingerprint density at radius 1 is 1.18 bits per heavy atom. The largest absolute Gasteiger partial charge is 0.468 e. The molecule has 0 saturated heterocycles. The summed E-state index contributed by atoms with van der Waals surface area (Å²) in [5.74, 6) is 2.88. The Kier molecular flexibility index (Phi) is 6.29. The number of amides is 1. The molecule has 0 unspecified atom stereocenters. The minimum absolute atomic E-state index is 0.0728. The van der Waals surface area contributed by atoms with Crippen molar-refractivity contribution in [2.24, 2.45) is 0 Å². The van der Waals surface area contributed by atoms with Crippen LogP contribution in [0.15, 0.2) is 51.6 Å². The Balaban J connectivity index is 1.62. The van der Waals surface area contributed by atoms with Crippen LogP contribution < -0.4 is 5.32 Å². The number of aryl methyl sites for hydroxylation is 1. The molecule has 3 aromatic rings. The van der Waals surface area contributed by atoms with Gasteiger partial charge in [-0.15, -0.1) is 0 Å². The van der Waals surface area contributed by atoms with Crippen molar-refractivity contribution in [2.75, 3.05) is 12.3 Å². The van der Waals surface area contributed by atoms with E-state index in [9.17, 15) is 4.79 Å². The van der Waals surface area contributed by atoms with Gasteiger partial charge in [-0.1, -0.05) is 50.2 Å². The van der Waals surface area contributed by atoms with Gasteiger partial charge >= 0.3 is 0 Å². The summed E-state index contributed by atoms with van der Waals surface area (Å²) in [5.41, 5.74) is 3.25. The highest BCUT2D eigenvalue weighted by Gasteiger charge is 2.22. The first-order valence-corrected chi connectivity index (χ1v) is 10.5. The van der Waals surface area contributed by atoms with E-state index in [4.69, 9.17) is 8.94 Å². The van der Waals surface area contributed by atoms with Gasteiger partial charge in [0.05, 0.1) is 17.7 Å². The van der Waals surface area contributed by atoms with Crippen molar-refractivity contribution in [1.29, 1.82) is 0 Å². The van der Waals surface area contributed by atoms with Crippen LogP contribution in [0.1, 0.15) is 48.1 Å². The topological polar surface area (TPSA) is 68.3 Å². The molecule has 3 rings (SSSR count). The molecule has 0 spiro atoms. The molecule has 148 valence electrons. The number of carbonyl (C=O) groups is 1. The van der Waals surface area contributed by atoms with E-state index in [-0.39, 0.29) is 11.3 Å². The average molecular weight is 399 g/mol. The van der Waals surface area contributed by atoms with Crippen LogP contribution in [0.5, 0.6) is 0 Å². The monoisotopic (exact) mass is 398 g/mol. The minimum Gasteiger partial charge on any atom is -0.468 e. The number of aromatic nitrogens is 1. The Bertz CT molecular complexity index is 906. The van der Waals surface area contributed by atoms with Gasteiger partial charge in [0.1, 0.15) is 11.3 Å². The molecule has 0 aliphatic heterocycles. The molecular weight excluding hydrogens is 372 g/mol. The highest BCUT2D eigenvalue weighted by atomic mass is 32.2. The Morgan fingerprint density at radius 3 is 2.57 bits per heavy atom. The molecule has 0 radical (unpaired) electrons. The predicted octanol–water partition coefficient (Wildman–Crippen LogP) is 5.20. The van der Waals surface area contributed by atoms with Gasteiger partial charge in [-0.2, -0.15) is 11.8 Å².